The summed E-state index contributed by atoms with van der Waals surface area (Å²) in [5.74, 6) is 5.74. The van der Waals surface area contributed by atoms with Crippen molar-refractivity contribution in [1.29, 1.82) is 0 Å². The minimum absolute atomic E-state index is 0.338. The maximum Gasteiger partial charge on any atom is 0.139 e. The third-order valence-corrected chi connectivity index (χ3v) is 1.67. The number of rotatable bonds is 2. The molecule has 1 aromatic rings. The topological polar surface area (TPSA) is 35.2 Å². The predicted octanol–water partition coefficient (Wildman–Crippen LogP) is 1.53. The van der Waals surface area contributed by atoms with Crippen LogP contribution in [0.3, 0.4) is 0 Å². The van der Waals surface area contributed by atoms with Gasteiger partial charge in [0.2, 0.25) is 0 Å². The first kappa shape index (κ1) is 10.6. The minimum Gasteiger partial charge on any atom is -0.497 e. The Morgan fingerprint density at radius 1 is 1.50 bits per heavy atom. The fraction of sp³-hybridized carbons (Fsp3) is 0.273. The molecule has 0 aliphatic heterocycles. The Balaban J connectivity index is 2.91. The smallest absolute Gasteiger partial charge is 0.139 e. The molecule has 0 amide bonds. The van der Waals surface area contributed by atoms with Gasteiger partial charge in [0.05, 0.1) is 12.7 Å². The maximum absolute atomic E-state index is 13.1. The van der Waals surface area contributed by atoms with Crippen molar-refractivity contribution < 1.29 is 9.13 Å². The molecular weight excluding hydrogens is 181 g/mol. The van der Waals surface area contributed by atoms with Gasteiger partial charge in [0.15, 0.2) is 0 Å². The van der Waals surface area contributed by atoms with Crippen LogP contribution in [-0.4, -0.2) is 13.7 Å². The Bertz CT molecular complexity index is 365. The lowest BCUT2D eigenvalue weighted by Gasteiger charge is -2.00. The molecule has 0 unspecified atom stereocenters. The SMILES string of the molecule is COc1ccc(F)c(C#CCCN)c1. The largest absolute Gasteiger partial charge is 0.497 e. The van der Waals surface area contributed by atoms with E-state index in [-0.39, 0.29) is 5.82 Å². The monoisotopic (exact) mass is 193 g/mol. The second kappa shape index (κ2) is 5.25. The number of halogens is 1. The molecule has 0 fully saturated rings. The summed E-state index contributed by atoms with van der Waals surface area (Å²) in [4.78, 5) is 0. The van der Waals surface area contributed by atoms with Gasteiger partial charge in [-0.05, 0) is 18.2 Å². The van der Waals surface area contributed by atoms with Crippen molar-refractivity contribution in [2.45, 2.75) is 6.42 Å². The second-order valence-corrected chi connectivity index (χ2v) is 2.69. The molecule has 3 heteroatoms. The van der Waals surface area contributed by atoms with E-state index < -0.39 is 0 Å². The lowest BCUT2D eigenvalue weighted by Crippen LogP contribution is -1.95. The van der Waals surface area contributed by atoms with Gasteiger partial charge in [0.1, 0.15) is 11.6 Å². The summed E-state index contributed by atoms with van der Waals surface area (Å²) < 4.78 is 18.1. The van der Waals surface area contributed by atoms with Crippen LogP contribution >= 0.6 is 0 Å². The quantitative estimate of drug-likeness (QED) is 0.723. The van der Waals surface area contributed by atoms with E-state index in [0.717, 1.165) is 0 Å². The Labute approximate surface area is 82.9 Å². The van der Waals surface area contributed by atoms with E-state index in [9.17, 15) is 4.39 Å². The van der Waals surface area contributed by atoms with Crippen molar-refractivity contribution in [2.75, 3.05) is 13.7 Å². The molecule has 74 valence electrons. The Morgan fingerprint density at radius 2 is 2.29 bits per heavy atom. The number of ether oxygens (including phenoxy) is 1. The average Bonchev–Trinajstić information content (AvgIpc) is 2.21. The Hall–Kier alpha value is -1.53. The molecule has 0 atom stereocenters. The van der Waals surface area contributed by atoms with Gasteiger partial charge >= 0.3 is 0 Å². The van der Waals surface area contributed by atoms with E-state index in [1.165, 1.54) is 13.2 Å². The maximum atomic E-state index is 13.1. The van der Waals surface area contributed by atoms with Gasteiger partial charge in [0, 0.05) is 13.0 Å². The van der Waals surface area contributed by atoms with Gasteiger partial charge in [-0.3, -0.25) is 0 Å². The third kappa shape index (κ3) is 2.75. The van der Waals surface area contributed by atoms with Crippen molar-refractivity contribution in [2.24, 2.45) is 5.73 Å². The summed E-state index contributed by atoms with van der Waals surface area (Å²) in [6.07, 6.45) is 0.566. The van der Waals surface area contributed by atoms with Crippen LogP contribution in [-0.2, 0) is 0 Å². The molecule has 1 aromatic carbocycles. The molecule has 0 aliphatic carbocycles. The number of hydrogen-bond donors (Lipinski definition) is 1. The van der Waals surface area contributed by atoms with Crippen molar-refractivity contribution in [1.82, 2.24) is 0 Å². The fourth-order valence-electron chi connectivity index (χ4n) is 0.957. The fourth-order valence-corrected chi connectivity index (χ4v) is 0.957. The van der Waals surface area contributed by atoms with Crippen molar-refractivity contribution in [3.63, 3.8) is 0 Å². The zero-order valence-electron chi connectivity index (χ0n) is 8.01. The molecule has 0 saturated carbocycles. The molecule has 2 N–H and O–H groups in total. The summed E-state index contributed by atoms with van der Waals surface area (Å²) >= 11 is 0. The van der Waals surface area contributed by atoms with Crippen LogP contribution in [0.15, 0.2) is 18.2 Å². The first-order chi connectivity index (χ1) is 6.77. The van der Waals surface area contributed by atoms with Crippen LogP contribution in [0.25, 0.3) is 0 Å². The lowest BCUT2D eigenvalue weighted by atomic mass is 10.2. The second-order valence-electron chi connectivity index (χ2n) is 2.69. The predicted molar refractivity (Wildman–Crippen MR) is 53.5 cm³/mol. The van der Waals surface area contributed by atoms with Crippen LogP contribution in [0.4, 0.5) is 4.39 Å². The molecule has 14 heavy (non-hydrogen) atoms. The summed E-state index contributed by atoms with van der Waals surface area (Å²) in [7, 11) is 1.53. The highest BCUT2D eigenvalue weighted by Crippen LogP contribution is 2.15. The lowest BCUT2D eigenvalue weighted by molar-refractivity contribution is 0.413. The molecule has 0 spiro atoms. The third-order valence-electron chi connectivity index (χ3n) is 1.67. The molecule has 0 saturated heterocycles. The zero-order valence-corrected chi connectivity index (χ0v) is 8.01. The minimum atomic E-state index is -0.338. The van der Waals surface area contributed by atoms with E-state index in [0.29, 0.717) is 24.3 Å². The zero-order chi connectivity index (χ0) is 10.4. The average molecular weight is 193 g/mol. The van der Waals surface area contributed by atoms with Crippen molar-refractivity contribution >= 4 is 0 Å². The molecule has 0 aromatic heterocycles. The Kier molecular flexibility index (Phi) is 3.96. The van der Waals surface area contributed by atoms with Gasteiger partial charge in [-0.1, -0.05) is 11.8 Å². The van der Waals surface area contributed by atoms with E-state index in [4.69, 9.17) is 10.5 Å². The molecule has 0 bridgehead atoms. The normalized spacial score (nSPS) is 9.07. The molecular formula is C11H12FNO. The summed E-state index contributed by atoms with van der Waals surface area (Å²) in [5.41, 5.74) is 5.61. The van der Waals surface area contributed by atoms with Gasteiger partial charge in [-0.2, -0.15) is 0 Å². The Morgan fingerprint density at radius 3 is 2.93 bits per heavy atom. The van der Waals surface area contributed by atoms with Crippen LogP contribution < -0.4 is 10.5 Å². The number of methoxy groups -OCH3 is 1. The molecule has 2 nitrogen and oxygen atoms in total. The summed E-state index contributed by atoms with van der Waals surface area (Å²) in [5, 5.41) is 0. The molecule has 0 radical (unpaired) electrons. The van der Waals surface area contributed by atoms with Gasteiger partial charge in [0.25, 0.3) is 0 Å². The molecule has 0 heterocycles. The molecule has 0 aliphatic rings. The first-order valence-electron chi connectivity index (χ1n) is 4.30. The van der Waals surface area contributed by atoms with Crippen LogP contribution in [0.5, 0.6) is 5.75 Å². The van der Waals surface area contributed by atoms with Crippen molar-refractivity contribution in [3.8, 4) is 17.6 Å². The standard InChI is InChI=1S/C11H12FNO/c1-14-10-5-6-11(12)9(8-10)4-2-3-7-13/h5-6,8H,3,7,13H2,1H3. The highest BCUT2D eigenvalue weighted by atomic mass is 19.1. The van der Waals surface area contributed by atoms with Gasteiger partial charge in [-0.15, -0.1) is 0 Å². The number of nitrogens with two attached hydrogens (primary N) is 1. The highest BCUT2D eigenvalue weighted by molar-refractivity contribution is 5.40. The summed E-state index contributed by atoms with van der Waals surface area (Å²) in [6.45, 7) is 0.485. The van der Waals surface area contributed by atoms with Gasteiger partial charge < -0.3 is 10.5 Å². The summed E-state index contributed by atoms with van der Waals surface area (Å²) in [6, 6.07) is 4.47. The number of benzene rings is 1. The van der Waals surface area contributed by atoms with E-state index >= 15 is 0 Å². The molecule has 1 rings (SSSR count). The van der Waals surface area contributed by atoms with Crippen LogP contribution in [0.2, 0.25) is 0 Å². The first-order valence-corrected chi connectivity index (χ1v) is 4.30. The van der Waals surface area contributed by atoms with Crippen LogP contribution in [0, 0.1) is 17.7 Å². The number of hydrogen-bond acceptors (Lipinski definition) is 2. The van der Waals surface area contributed by atoms with Crippen LogP contribution in [0.1, 0.15) is 12.0 Å². The van der Waals surface area contributed by atoms with E-state index in [1.807, 2.05) is 0 Å². The van der Waals surface area contributed by atoms with Gasteiger partial charge in [-0.25, -0.2) is 4.39 Å². The highest BCUT2D eigenvalue weighted by Gasteiger charge is 2.00. The van der Waals surface area contributed by atoms with E-state index in [1.54, 1.807) is 12.1 Å². The van der Waals surface area contributed by atoms with E-state index in [2.05, 4.69) is 11.8 Å². The van der Waals surface area contributed by atoms with Crippen molar-refractivity contribution in [3.05, 3.63) is 29.6 Å².